The standard InChI is InChI=1S/C17H14N6OS2/c18-8-12-14(13-5-2-6-25-13)21-17(22-16(12)24)26-9-10-3-1-4-11(7-10)15(19)23-20/h1-7H,9,20H2,(H2,19,23)(H,21,22,24). The predicted octanol–water partition coefficient (Wildman–Crippen LogP) is 2.24. The Bertz CT molecular complexity index is 1050. The fourth-order valence-electron chi connectivity index (χ4n) is 2.26. The summed E-state index contributed by atoms with van der Waals surface area (Å²) in [5, 5.41) is 15.1. The van der Waals surface area contributed by atoms with E-state index in [1.165, 1.54) is 23.1 Å². The van der Waals surface area contributed by atoms with Crippen LogP contribution in [0.15, 0.2) is 56.8 Å². The second-order valence-corrected chi connectivity index (χ2v) is 7.10. The Morgan fingerprint density at radius 3 is 2.92 bits per heavy atom. The maximum Gasteiger partial charge on any atom is 0.270 e. The largest absolute Gasteiger partial charge is 0.382 e. The molecule has 2 heterocycles. The Kier molecular flexibility index (Phi) is 5.36. The van der Waals surface area contributed by atoms with Crippen LogP contribution in [0.25, 0.3) is 10.6 Å². The molecule has 0 unspecified atom stereocenters. The first-order chi connectivity index (χ1) is 12.6. The van der Waals surface area contributed by atoms with Crippen LogP contribution < -0.4 is 17.1 Å². The number of amidine groups is 1. The van der Waals surface area contributed by atoms with Crippen LogP contribution in [0.1, 0.15) is 16.7 Å². The molecule has 1 aromatic carbocycles. The molecule has 9 heteroatoms. The maximum atomic E-state index is 12.2. The number of hydrogen-bond acceptors (Lipinski definition) is 7. The third-order valence-corrected chi connectivity index (χ3v) is 5.32. The van der Waals surface area contributed by atoms with E-state index in [0.29, 0.717) is 16.6 Å². The van der Waals surface area contributed by atoms with Gasteiger partial charge in [-0.25, -0.2) is 4.98 Å². The first kappa shape index (κ1) is 17.7. The molecule has 5 N–H and O–H groups in total. The average Bonchev–Trinajstić information content (AvgIpc) is 3.20. The van der Waals surface area contributed by atoms with Crippen LogP contribution in [-0.4, -0.2) is 15.8 Å². The fourth-order valence-corrected chi connectivity index (χ4v) is 3.79. The summed E-state index contributed by atoms with van der Waals surface area (Å²) in [6.07, 6.45) is 0. The molecule has 0 saturated carbocycles. The number of nitrogens with zero attached hydrogens (tertiary/aromatic N) is 3. The number of aromatic nitrogens is 2. The lowest BCUT2D eigenvalue weighted by Gasteiger charge is -2.06. The van der Waals surface area contributed by atoms with Gasteiger partial charge >= 0.3 is 0 Å². The quantitative estimate of drug-likeness (QED) is 0.155. The maximum absolute atomic E-state index is 12.2. The van der Waals surface area contributed by atoms with Crippen molar-refractivity contribution in [2.45, 2.75) is 10.9 Å². The molecule has 0 aliphatic carbocycles. The van der Waals surface area contributed by atoms with Crippen LogP contribution in [0.4, 0.5) is 0 Å². The summed E-state index contributed by atoms with van der Waals surface area (Å²) in [6, 6.07) is 13.1. The van der Waals surface area contributed by atoms with Crippen LogP contribution >= 0.6 is 23.1 Å². The second kappa shape index (κ2) is 7.86. The summed E-state index contributed by atoms with van der Waals surface area (Å²) in [6.45, 7) is 0. The van der Waals surface area contributed by atoms with Gasteiger partial charge in [0.25, 0.3) is 5.56 Å². The number of hydrogen-bond donors (Lipinski definition) is 3. The smallest absolute Gasteiger partial charge is 0.270 e. The number of nitriles is 1. The Labute approximate surface area is 157 Å². The van der Waals surface area contributed by atoms with Gasteiger partial charge in [0, 0.05) is 11.3 Å². The van der Waals surface area contributed by atoms with Crippen LogP contribution in [0.5, 0.6) is 0 Å². The van der Waals surface area contributed by atoms with Crippen molar-refractivity contribution in [2.24, 2.45) is 16.7 Å². The summed E-state index contributed by atoms with van der Waals surface area (Å²) in [5.41, 5.74) is 7.41. The molecule has 3 aromatic rings. The van der Waals surface area contributed by atoms with Crippen LogP contribution in [0.3, 0.4) is 0 Å². The summed E-state index contributed by atoms with van der Waals surface area (Å²) in [7, 11) is 0. The molecular weight excluding hydrogens is 368 g/mol. The third-order valence-electron chi connectivity index (χ3n) is 3.50. The van der Waals surface area contributed by atoms with Crippen molar-refractivity contribution in [3.8, 4) is 16.6 Å². The normalized spacial score (nSPS) is 11.3. The van der Waals surface area contributed by atoms with Gasteiger partial charge in [-0.15, -0.1) is 11.3 Å². The SMILES string of the molecule is N#Cc1c(-c2cccs2)nc(SCc2cccc(/C(N)=N/N)c2)[nH]c1=O. The number of rotatable bonds is 5. The minimum Gasteiger partial charge on any atom is -0.382 e. The molecule has 0 fully saturated rings. The van der Waals surface area contributed by atoms with Crippen molar-refractivity contribution in [1.82, 2.24) is 9.97 Å². The Morgan fingerprint density at radius 1 is 1.38 bits per heavy atom. The number of hydrazone groups is 1. The minimum atomic E-state index is -0.443. The van der Waals surface area contributed by atoms with Crippen molar-refractivity contribution in [1.29, 1.82) is 5.26 Å². The fraction of sp³-hybridized carbons (Fsp3) is 0.0588. The van der Waals surface area contributed by atoms with Gasteiger partial charge in [0.1, 0.15) is 23.2 Å². The van der Waals surface area contributed by atoms with Crippen LogP contribution in [-0.2, 0) is 5.75 Å². The monoisotopic (exact) mass is 382 g/mol. The van der Waals surface area contributed by atoms with E-state index in [-0.39, 0.29) is 11.4 Å². The predicted molar refractivity (Wildman–Crippen MR) is 104 cm³/mol. The molecule has 0 spiro atoms. The zero-order chi connectivity index (χ0) is 18.5. The second-order valence-electron chi connectivity index (χ2n) is 5.19. The average molecular weight is 382 g/mol. The number of aromatic amines is 1. The highest BCUT2D eigenvalue weighted by Gasteiger charge is 2.14. The number of H-pyrrole nitrogens is 1. The van der Waals surface area contributed by atoms with Gasteiger partial charge in [-0.05, 0) is 23.1 Å². The first-order valence-corrected chi connectivity index (χ1v) is 9.32. The van der Waals surface area contributed by atoms with E-state index in [1.54, 1.807) is 0 Å². The number of benzene rings is 1. The van der Waals surface area contributed by atoms with Gasteiger partial charge in [-0.3, -0.25) is 4.79 Å². The summed E-state index contributed by atoms with van der Waals surface area (Å²) < 4.78 is 0. The highest BCUT2D eigenvalue weighted by molar-refractivity contribution is 7.98. The van der Waals surface area contributed by atoms with E-state index < -0.39 is 5.56 Å². The zero-order valence-electron chi connectivity index (χ0n) is 13.5. The molecule has 7 nitrogen and oxygen atoms in total. The first-order valence-electron chi connectivity index (χ1n) is 7.46. The summed E-state index contributed by atoms with van der Waals surface area (Å²) >= 11 is 2.79. The number of thioether (sulfide) groups is 1. The van der Waals surface area contributed by atoms with Gasteiger partial charge in [0.05, 0.1) is 4.88 Å². The van der Waals surface area contributed by atoms with Crippen molar-refractivity contribution >= 4 is 28.9 Å². The number of nitrogens with two attached hydrogens (primary N) is 2. The van der Waals surface area contributed by atoms with Gasteiger partial charge in [0.15, 0.2) is 5.16 Å². The van der Waals surface area contributed by atoms with Gasteiger partial charge in [-0.2, -0.15) is 10.4 Å². The van der Waals surface area contributed by atoms with Gasteiger partial charge in [-0.1, -0.05) is 36.0 Å². The lowest BCUT2D eigenvalue weighted by molar-refractivity contribution is 0.936. The minimum absolute atomic E-state index is 0.0192. The van der Waals surface area contributed by atoms with Gasteiger partial charge < -0.3 is 16.6 Å². The zero-order valence-corrected chi connectivity index (χ0v) is 15.1. The van der Waals surface area contributed by atoms with Crippen molar-refractivity contribution in [2.75, 3.05) is 0 Å². The van der Waals surface area contributed by atoms with E-state index >= 15 is 0 Å². The lowest BCUT2D eigenvalue weighted by Crippen LogP contribution is -2.15. The molecule has 2 aromatic heterocycles. The van der Waals surface area contributed by atoms with E-state index in [4.69, 9.17) is 11.6 Å². The molecule has 0 radical (unpaired) electrons. The van der Waals surface area contributed by atoms with Crippen LogP contribution in [0.2, 0.25) is 0 Å². The molecular formula is C17H14N6OS2. The van der Waals surface area contributed by atoms with Crippen molar-refractivity contribution in [3.63, 3.8) is 0 Å². The lowest BCUT2D eigenvalue weighted by atomic mass is 10.1. The highest BCUT2D eigenvalue weighted by atomic mass is 32.2. The van der Waals surface area contributed by atoms with Crippen LogP contribution in [0, 0.1) is 11.3 Å². The third kappa shape index (κ3) is 3.77. The van der Waals surface area contributed by atoms with Crippen molar-refractivity contribution in [3.05, 3.63) is 68.8 Å². The molecule has 0 bridgehead atoms. The molecule has 0 amide bonds. The molecule has 0 aliphatic rings. The Balaban J connectivity index is 1.88. The Morgan fingerprint density at radius 2 is 2.23 bits per heavy atom. The number of nitrogens with one attached hydrogen (secondary N) is 1. The van der Waals surface area contributed by atoms with E-state index in [1.807, 2.05) is 47.8 Å². The molecule has 0 aliphatic heterocycles. The summed E-state index contributed by atoms with van der Waals surface area (Å²) in [5.74, 6) is 6.02. The molecule has 0 saturated heterocycles. The number of thiophene rings is 1. The molecule has 3 rings (SSSR count). The highest BCUT2D eigenvalue weighted by Crippen LogP contribution is 2.27. The van der Waals surface area contributed by atoms with E-state index in [9.17, 15) is 10.1 Å². The van der Waals surface area contributed by atoms with E-state index in [0.717, 1.165) is 16.0 Å². The Hall–Kier alpha value is -3.09. The van der Waals surface area contributed by atoms with E-state index in [2.05, 4.69) is 15.1 Å². The topological polar surface area (TPSA) is 134 Å². The van der Waals surface area contributed by atoms with Gasteiger partial charge in [0.2, 0.25) is 0 Å². The van der Waals surface area contributed by atoms with Crippen molar-refractivity contribution < 1.29 is 0 Å². The molecule has 26 heavy (non-hydrogen) atoms. The molecule has 0 atom stereocenters. The molecule has 130 valence electrons. The summed E-state index contributed by atoms with van der Waals surface area (Å²) in [4.78, 5) is 20.1.